The first-order valence-corrected chi connectivity index (χ1v) is 19.8. The number of anilines is 3. The van der Waals surface area contributed by atoms with Crippen LogP contribution in [0.25, 0.3) is 75.2 Å². The second-order valence-electron chi connectivity index (χ2n) is 16.4. The summed E-state index contributed by atoms with van der Waals surface area (Å²) in [5, 5.41) is 7.19. The van der Waals surface area contributed by atoms with E-state index in [0.29, 0.717) is 0 Å². The summed E-state index contributed by atoms with van der Waals surface area (Å²) in [7, 11) is 0. The Bertz CT molecular complexity index is 3000. The predicted molar refractivity (Wildman–Crippen MR) is 229 cm³/mol. The van der Waals surface area contributed by atoms with Crippen molar-refractivity contribution in [3.8, 4) is 11.1 Å². The first kappa shape index (κ1) is 31.7. The number of nitrogens with zero attached hydrogens (tertiary/aromatic N) is 1. The molecule has 1 aliphatic carbocycles. The zero-order chi connectivity index (χ0) is 36.3. The Kier molecular flexibility index (Phi) is 6.65. The standard InChI is InChI=1S/C50H39NO2S/c1-49(2)23-24-50(3,4)42-29-46-39(28-41(42)49)36-20-15-31(25-45(36)53-46)30-13-16-32(17-14-30)51(33-18-21-44-38(26-33)35-9-5-7-11-43(35)52-44)34-19-22-48-40(27-34)37-10-6-8-12-47(37)54-48/h5-22,25-29H,23-24H2,1-4H3. The molecule has 0 N–H and O–H groups in total. The van der Waals surface area contributed by atoms with E-state index in [4.69, 9.17) is 8.83 Å². The Morgan fingerprint density at radius 1 is 0.426 bits per heavy atom. The second kappa shape index (κ2) is 11.3. The van der Waals surface area contributed by atoms with Gasteiger partial charge in [0.05, 0.1) is 0 Å². The van der Waals surface area contributed by atoms with Crippen LogP contribution < -0.4 is 4.90 Å². The first-order valence-electron chi connectivity index (χ1n) is 18.9. The number of furan rings is 2. The van der Waals surface area contributed by atoms with E-state index >= 15 is 0 Å². The van der Waals surface area contributed by atoms with Crippen LogP contribution in [0.1, 0.15) is 51.7 Å². The molecule has 0 bridgehead atoms. The fourth-order valence-corrected chi connectivity index (χ4v) is 10.1. The zero-order valence-electron chi connectivity index (χ0n) is 30.9. The van der Waals surface area contributed by atoms with Crippen LogP contribution in [0.5, 0.6) is 0 Å². The van der Waals surface area contributed by atoms with Gasteiger partial charge in [-0.05, 0) is 131 Å². The lowest BCUT2D eigenvalue weighted by Gasteiger charge is -2.41. The average Bonchev–Trinajstić information content (AvgIpc) is 3.87. The highest BCUT2D eigenvalue weighted by atomic mass is 32.1. The molecule has 54 heavy (non-hydrogen) atoms. The van der Waals surface area contributed by atoms with Gasteiger partial charge in [0.1, 0.15) is 22.3 Å². The van der Waals surface area contributed by atoms with Crippen LogP contribution in [0, 0.1) is 0 Å². The molecule has 1 aliphatic rings. The lowest BCUT2D eigenvalue weighted by Crippen LogP contribution is -2.33. The van der Waals surface area contributed by atoms with E-state index in [1.807, 2.05) is 23.5 Å². The van der Waals surface area contributed by atoms with Crippen LogP contribution in [0.2, 0.25) is 0 Å². The van der Waals surface area contributed by atoms with E-state index in [1.54, 1.807) is 0 Å². The molecule has 0 spiro atoms. The summed E-state index contributed by atoms with van der Waals surface area (Å²) >= 11 is 1.85. The number of hydrogen-bond donors (Lipinski definition) is 0. The molecule has 0 unspecified atom stereocenters. The van der Waals surface area contributed by atoms with Gasteiger partial charge in [0.2, 0.25) is 0 Å². The largest absolute Gasteiger partial charge is 0.456 e. The third-order valence-electron chi connectivity index (χ3n) is 12.1. The van der Waals surface area contributed by atoms with E-state index in [-0.39, 0.29) is 10.8 Å². The van der Waals surface area contributed by atoms with Crippen molar-refractivity contribution < 1.29 is 8.83 Å². The minimum absolute atomic E-state index is 0.139. The van der Waals surface area contributed by atoms with E-state index < -0.39 is 0 Å². The van der Waals surface area contributed by atoms with Gasteiger partial charge in [-0.15, -0.1) is 11.3 Å². The Labute approximate surface area is 318 Å². The van der Waals surface area contributed by atoms with Crippen molar-refractivity contribution in [3.05, 3.63) is 151 Å². The molecule has 0 saturated carbocycles. The summed E-state index contributed by atoms with van der Waals surface area (Å²) in [4.78, 5) is 2.37. The number of thiophene rings is 1. The smallest absolute Gasteiger partial charge is 0.136 e. The van der Waals surface area contributed by atoms with Gasteiger partial charge in [-0.1, -0.05) is 82.3 Å². The van der Waals surface area contributed by atoms with Crippen molar-refractivity contribution in [2.75, 3.05) is 4.90 Å². The Morgan fingerprint density at radius 3 is 1.80 bits per heavy atom. The van der Waals surface area contributed by atoms with Crippen molar-refractivity contribution >= 4 is 92.4 Å². The maximum atomic E-state index is 6.62. The highest BCUT2D eigenvalue weighted by molar-refractivity contribution is 7.25. The van der Waals surface area contributed by atoms with E-state index in [2.05, 4.69) is 160 Å². The van der Waals surface area contributed by atoms with Gasteiger partial charge in [0.25, 0.3) is 0 Å². The molecule has 262 valence electrons. The lowest BCUT2D eigenvalue weighted by atomic mass is 9.63. The third-order valence-corrected chi connectivity index (χ3v) is 13.3. The molecule has 4 heteroatoms. The van der Waals surface area contributed by atoms with E-state index in [9.17, 15) is 0 Å². The summed E-state index contributed by atoms with van der Waals surface area (Å²) < 4.78 is 15.4. The van der Waals surface area contributed by atoms with Crippen LogP contribution in [-0.4, -0.2) is 0 Å². The molecule has 0 fully saturated rings. The average molecular weight is 718 g/mol. The fourth-order valence-electron chi connectivity index (χ4n) is 8.97. The quantitative estimate of drug-likeness (QED) is 0.182. The molecule has 10 aromatic rings. The summed E-state index contributed by atoms with van der Waals surface area (Å²) in [5.41, 5.74) is 12.5. The fraction of sp³-hybridized carbons (Fsp3) is 0.160. The first-order chi connectivity index (χ1) is 26.2. The third kappa shape index (κ3) is 4.79. The second-order valence-corrected chi connectivity index (χ2v) is 17.5. The van der Waals surface area contributed by atoms with Gasteiger partial charge < -0.3 is 13.7 Å². The molecule has 7 aromatic carbocycles. The molecule has 3 nitrogen and oxygen atoms in total. The van der Waals surface area contributed by atoms with Gasteiger partial charge in [-0.2, -0.15) is 0 Å². The van der Waals surface area contributed by atoms with Crippen LogP contribution >= 0.6 is 11.3 Å². The van der Waals surface area contributed by atoms with Crippen LogP contribution in [0.3, 0.4) is 0 Å². The topological polar surface area (TPSA) is 29.5 Å². The van der Waals surface area contributed by atoms with Crippen molar-refractivity contribution in [2.24, 2.45) is 0 Å². The van der Waals surface area contributed by atoms with Crippen LogP contribution in [0.4, 0.5) is 17.1 Å². The van der Waals surface area contributed by atoms with Gasteiger partial charge in [0, 0.05) is 58.8 Å². The Balaban J connectivity index is 1.02. The Hall–Kier alpha value is -5.84. The molecular formula is C50H39NO2S. The number of fused-ring (bicyclic) bond motifs is 10. The number of para-hydroxylation sites is 1. The highest BCUT2D eigenvalue weighted by Crippen LogP contribution is 2.49. The lowest BCUT2D eigenvalue weighted by molar-refractivity contribution is 0.332. The molecule has 3 aromatic heterocycles. The predicted octanol–water partition coefficient (Wildman–Crippen LogP) is 15.3. The van der Waals surface area contributed by atoms with Crippen molar-refractivity contribution in [2.45, 2.75) is 51.4 Å². The monoisotopic (exact) mass is 717 g/mol. The summed E-state index contributed by atoms with van der Waals surface area (Å²) in [6, 6.07) is 50.8. The molecule has 3 heterocycles. The zero-order valence-corrected chi connectivity index (χ0v) is 31.7. The van der Waals surface area contributed by atoms with Crippen molar-refractivity contribution in [1.82, 2.24) is 0 Å². The summed E-state index contributed by atoms with van der Waals surface area (Å²) in [6.07, 6.45) is 2.38. The van der Waals surface area contributed by atoms with E-state index in [0.717, 1.165) is 61.3 Å². The Morgan fingerprint density at radius 2 is 0.981 bits per heavy atom. The molecular weight excluding hydrogens is 679 g/mol. The normalized spacial score (nSPS) is 15.2. The molecule has 0 aliphatic heterocycles. The maximum Gasteiger partial charge on any atom is 0.136 e. The minimum atomic E-state index is 0.139. The molecule has 0 atom stereocenters. The van der Waals surface area contributed by atoms with Crippen LogP contribution in [0.15, 0.2) is 148 Å². The summed E-state index contributed by atoms with van der Waals surface area (Å²) in [5.74, 6) is 0. The SMILES string of the molecule is CC1(C)CCC(C)(C)c2cc3c(cc21)oc1cc(-c2ccc(N(c4ccc5oc6ccccc6c5c4)c4ccc5sc6ccccc6c5c4)cc2)ccc13. The van der Waals surface area contributed by atoms with Gasteiger partial charge in [-0.25, -0.2) is 0 Å². The molecule has 0 amide bonds. The molecule has 0 radical (unpaired) electrons. The van der Waals surface area contributed by atoms with Gasteiger partial charge >= 0.3 is 0 Å². The number of benzene rings is 7. The maximum absolute atomic E-state index is 6.62. The van der Waals surface area contributed by atoms with Crippen molar-refractivity contribution in [3.63, 3.8) is 0 Å². The van der Waals surface area contributed by atoms with E-state index in [1.165, 1.54) is 54.9 Å². The summed E-state index contributed by atoms with van der Waals surface area (Å²) in [6.45, 7) is 9.52. The van der Waals surface area contributed by atoms with Crippen LogP contribution in [-0.2, 0) is 10.8 Å². The molecule has 11 rings (SSSR count). The highest BCUT2D eigenvalue weighted by Gasteiger charge is 2.37. The number of rotatable bonds is 4. The van der Waals surface area contributed by atoms with Gasteiger partial charge in [-0.3, -0.25) is 0 Å². The minimum Gasteiger partial charge on any atom is -0.456 e. The van der Waals surface area contributed by atoms with Crippen molar-refractivity contribution in [1.29, 1.82) is 0 Å². The van der Waals surface area contributed by atoms with Gasteiger partial charge in [0.15, 0.2) is 0 Å². The molecule has 0 saturated heterocycles. The number of hydrogen-bond acceptors (Lipinski definition) is 4.